The van der Waals surface area contributed by atoms with Crippen molar-refractivity contribution in [1.82, 2.24) is 4.72 Å². The number of carboxylic acids is 1. The van der Waals surface area contributed by atoms with Crippen LogP contribution in [0.5, 0.6) is 0 Å². The van der Waals surface area contributed by atoms with Gasteiger partial charge in [-0.2, -0.15) is 0 Å². The van der Waals surface area contributed by atoms with E-state index in [1.165, 1.54) is 0 Å². The lowest BCUT2D eigenvalue weighted by atomic mass is 9.85. The molecule has 0 fully saturated rings. The highest BCUT2D eigenvalue weighted by Gasteiger charge is 2.29. The van der Waals surface area contributed by atoms with E-state index < -0.39 is 27.8 Å². The zero-order valence-electron chi connectivity index (χ0n) is 15.9. The van der Waals surface area contributed by atoms with Crippen molar-refractivity contribution in [1.29, 1.82) is 0 Å². The highest BCUT2D eigenvalue weighted by Crippen LogP contribution is 2.31. The minimum absolute atomic E-state index is 0.000250. The van der Waals surface area contributed by atoms with Crippen molar-refractivity contribution >= 4 is 31.9 Å². The second-order valence-corrected chi connectivity index (χ2v) is 10.2. The van der Waals surface area contributed by atoms with E-state index in [4.69, 9.17) is 9.52 Å². The Kier molecular flexibility index (Phi) is 6.23. The molecule has 0 radical (unpaired) electrons. The van der Waals surface area contributed by atoms with Crippen molar-refractivity contribution in [3.05, 3.63) is 51.9 Å². The van der Waals surface area contributed by atoms with Crippen molar-refractivity contribution in [2.45, 2.75) is 51.0 Å². The van der Waals surface area contributed by atoms with Crippen LogP contribution >= 0.6 is 15.9 Å². The number of hydrogen-bond acceptors (Lipinski definition) is 4. The molecular formula is C19H24BrNO5S. The second-order valence-electron chi connectivity index (χ2n) is 7.77. The molecule has 0 saturated carbocycles. The van der Waals surface area contributed by atoms with Crippen molar-refractivity contribution in [2.75, 3.05) is 0 Å². The number of carbonyl (C=O) groups is 1. The fourth-order valence-corrected chi connectivity index (χ4v) is 4.96. The summed E-state index contributed by atoms with van der Waals surface area (Å²) >= 11 is 2.99. The molecule has 0 saturated heterocycles. The fourth-order valence-electron chi connectivity index (χ4n) is 2.65. The van der Waals surface area contributed by atoms with Crippen LogP contribution in [-0.4, -0.2) is 19.5 Å². The van der Waals surface area contributed by atoms with Crippen molar-refractivity contribution in [3.8, 4) is 0 Å². The molecule has 1 aromatic carbocycles. The molecular weight excluding hydrogens is 434 g/mol. The predicted molar refractivity (Wildman–Crippen MR) is 106 cm³/mol. The average molecular weight is 458 g/mol. The lowest BCUT2D eigenvalue weighted by Crippen LogP contribution is -2.32. The third-order valence-electron chi connectivity index (χ3n) is 4.24. The van der Waals surface area contributed by atoms with Crippen LogP contribution in [0.3, 0.4) is 0 Å². The molecule has 0 spiro atoms. The molecule has 0 aliphatic carbocycles. The maximum Gasteiger partial charge on any atom is 0.371 e. The number of benzene rings is 1. The summed E-state index contributed by atoms with van der Waals surface area (Å²) in [5, 5.41) is 9.00. The number of halogens is 1. The fraction of sp³-hybridized carbons (Fsp3) is 0.421. The van der Waals surface area contributed by atoms with Crippen LogP contribution in [0, 0.1) is 5.92 Å². The van der Waals surface area contributed by atoms with E-state index in [0.29, 0.717) is 0 Å². The number of carboxylic acid groups (broad SMARTS) is 1. The Morgan fingerprint density at radius 2 is 1.74 bits per heavy atom. The van der Waals surface area contributed by atoms with Crippen molar-refractivity contribution in [3.63, 3.8) is 0 Å². The molecule has 6 nitrogen and oxygen atoms in total. The molecule has 2 N–H and O–H groups in total. The third kappa shape index (κ3) is 5.00. The summed E-state index contributed by atoms with van der Waals surface area (Å²) in [6, 6.07) is 8.35. The summed E-state index contributed by atoms with van der Waals surface area (Å²) < 4.78 is 33.1. The van der Waals surface area contributed by atoms with Crippen LogP contribution < -0.4 is 4.72 Å². The Bertz CT molecular complexity index is 924. The van der Waals surface area contributed by atoms with E-state index >= 15 is 0 Å². The van der Waals surface area contributed by atoms with Gasteiger partial charge in [0.05, 0.1) is 0 Å². The quantitative estimate of drug-likeness (QED) is 0.654. The molecule has 27 heavy (non-hydrogen) atoms. The number of rotatable bonds is 6. The van der Waals surface area contributed by atoms with E-state index in [-0.39, 0.29) is 20.9 Å². The maximum atomic E-state index is 12.8. The number of sulfonamides is 1. The summed E-state index contributed by atoms with van der Waals surface area (Å²) in [4.78, 5) is 10.8. The predicted octanol–water partition coefficient (Wildman–Crippen LogP) is 4.71. The monoisotopic (exact) mass is 457 g/mol. The van der Waals surface area contributed by atoms with E-state index in [1.807, 2.05) is 38.1 Å². The van der Waals surface area contributed by atoms with Gasteiger partial charge >= 0.3 is 5.97 Å². The van der Waals surface area contributed by atoms with Crippen LogP contribution in [0.15, 0.2) is 44.3 Å². The van der Waals surface area contributed by atoms with Crippen LogP contribution in [0.1, 0.15) is 62.3 Å². The lowest BCUT2D eigenvalue weighted by molar-refractivity contribution is 0.0661. The van der Waals surface area contributed by atoms with E-state index in [1.54, 1.807) is 0 Å². The molecule has 0 aliphatic rings. The first-order chi connectivity index (χ1) is 12.3. The third-order valence-corrected chi connectivity index (χ3v) is 6.54. The maximum absolute atomic E-state index is 12.8. The van der Waals surface area contributed by atoms with Gasteiger partial charge in [-0.15, -0.1) is 0 Å². The van der Waals surface area contributed by atoms with Crippen LogP contribution in [0.2, 0.25) is 0 Å². The molecule has 1 aromatic heterocycles. The molecule has 8 heteroatoms. The molecule has 0 amide bonds. The molecule has 2 aromatic rings. The van der Waals surface area contributed by atoms with Crippen LogP contribution in [0.4, 0.5) is 0 Å². The number of aromatic carboxylic acids is 1. The van der Waals surface area contributed by atoms with Gasteiger partial charge in [0.1, 0.15) is 4.90 Å². The van der Waals surface area contributed by atoms with Crippen LogP contribution in [0.25, 0.3) is 0 Å². The van der Waals surface area contributed by atoms with Gasteiger partial charge in [0.15, 0.2) is 4.67 Å². The highest BCUT2D eigenvalue weighted by molar-refractivity contribution is 9.10. The smallest absolute Gasteiger partial charge is 0.371 e. The Labute approximate surface area is 168 Å². The molecule has 2 rings (SSSR count). The Morgan fingerprint density at radius 1 is 1.19 bits per heavy atom. The second kappa shape index (κ2) is 7.77. The summed E-state index contributed by atoms with van der Waals surface area (Å²) in [6.45, 7) is 10.2. The van der Waals surface area contributed by atoms with Gasteiger partial charge in [-0.25, -0.2) is 17.9 Å². The first-order valence-electron chi connectivity index (χ1n) is 8.48. The van der Waals surface area contributed by atoms with Crippen LogP contribution in [-0.2, 0) is 15.4 Å². The SMILES string of the molecule is CC(C)C(NS(=O)(=O)c1cc(C(=O)O)oc1Br)c1ccc(C(C)(C)C)cc1. The zero-order chi connectivity index (χ0) is 20.6. The largest absolute Gasteiger partial charge is 0.475 e. The summed E-state index contributed by atoms with van der Waals surface area (Å²) in [7, 11) is -3.99. The molecule has 1 unspecified atom stereocenters. The molecule has 0 aliphatic heterocycles. The summed E-state index contributed by atoms with van der Waals surface area (Å²) in [5.41, 5.74) is 1.99. The first kappa shape index (κ1) is 21.7. The topological polar surface area (TPSA) is 96.6 Å². The summed E-state index contributed by atoms with van der Waals surface area (Å²) in [6.07, 6.45) is 0. The average Bonchev–Trinajstić information content (AvgIpc) is 2.95. The van der Waals surface area contributed by atoms with Gasteiger partial charge in [-0.3, -0.25) is 0 Å². The van der Waals surface area contributed by atoms with Crippen molar-refractivity contribution in [2.24, 2.45) is 5.92 Å². The number of furan rings is 1. The van der Waals surface area contributed by atoms with E-state index in [0.717, 1.165) is 17.2 Å². The number of hydrogen-bond donors (Lipinski definition) is 2. The van der Waals surface area contributed by atoms with Gasteiger partial charge in [0.25, 0.3) is 0 Å². The van der Waals surface area contributed by atoms with Gasteiger partial charge in [0, 0.05) is 12.1 Å². The normalized spacial score (nSPS) is 13.7. The molecule has 1 heterocycles. The molecule has 1 atom stereocenters. The minimum atomic E-state index is -3.99. The van der Waals surface area contributed by atoms with E-state index in [9.17, 15) is 13.2 Å². The Morgan fingerprint density at radius 3 is 2.15 bits per heavy atom. The Balaban J connectivity index is 2.37. The minimum Gasteiger partial charge on any atom is -0.475 e. The van der Waals surface area contributed by atoms with Gasteiger partial charge < -0.3 is 9.52 Å². The first-order valence-corrected chi connectivity index (χ1v) is 10.8. The summed E-state index contributed by atoms with van der Waals surface area (Å²) in [5.74, 6) is -1.81. The zero-order valence-corrected chi connectivity index (χ0v) is 18.3. The highest BCUT2D eigenvalue weighted by atomic mass is 79.9. The Hall–Kier alpha value is -1.64. The lowest BCUT2D eigenvalue weighted by Gasteiger charge is -2.24. The molecule has 148 valence electrons. The van der Waals surface area contributed by atoms with Gasteiger partial charge in [-0.1, -0.05) is 58.9 Å². The standard InChI is InChI=1S/C19H24BrNO5S/c1-11(2)16(12-6-8-13(9-7-12)19(3,4)5)21-27(24,25)15-10-14(18(22)23)26-17(15)20/h6-11,16,21H,1-5H3,(H,22,23). The van der Waals surface area contributed by atoms with E-state index in [2.05, 4.69) is 41.4 Å². The van der Waals surface area contributed by atoms with Gasteiger partial charge in [-0.05, 0) is 38.4 Å². The van der Waals surface area contributed by atoms with Gasteiger partial charge in [0.2, 0.25) is 15.8 Å². The molecule has 0 bridgehead atoms. The number of nitrogens with one attached hydrogen (secondary N) is 1. The van der Waals surface area contributed by atoms with Crippen molar-refractivity contribution < 1.29 is 22.7 Å².